The van der Waals surface area contributed by atoms with Crippen LogP contribution in [0.3, 0.4) is 0 Å². The molecule has 2 heteroatoms. The van der Waals surface area contributed by atoms with Crippen LogP contribution in [-0.2, 0) is 4.79 Å². The van der Waals surface area contributed by atoms with Crippen molar-refractivity contribution in [2.45, 2.75) is 33.1 Å². The molecule has 0 radical (unpaired) electrons. The van der Waals surface area contributed by atoms with E-state index < -0.39 is 5.97 Å². The van der Waals surface area contributed by atoms with E-state index in [2.05, 4.69) is 13.8 Å². The number of aliphatic carboxylic acids is 1. The molecule has 0 aromatic rings. The second-order valence-corrected chi connectivity index (χ2v) is 5.10. The molecule has 3 rings (SSSR count). The number of hydrogen-bond acceptors (Lipinski definition) is 1. The van der Waals surface area contributed by atoms with E-state index in [0.717, 1.165) is 24.7 Å². The molecule has 3 fully saturated rings. The van der Waals surface area contributed by atoms with Crippen molar-refractivity contribution in [3.63, 3.8) is 0 Å². The first-order chi connectivity index (χ1) is 6.09. The average Bonchev–Trinajstić information content (AvgIpc) is 2.03. The summed E-state index contributed by atoms with van der Waals surface area (Å²) in [6.45, 7) is 4.51. The molecular weight excluding hydrogens is 164 g/mol. The number of carboxylic acids is 1. The van der Waals surface area contributed by atoms with Crippen LogP contribution in [0.4, 0.5) is 0 Å². The monoisotopic (exact) mass is 182 g/mol. The molecule has 2 nitrogen and oxygen atoms in total. The summed E-state index contributed by atoms with van der Waals surface area (Å²) in [6, 6.07) is 0. The predicted octanol–water partition coefficient (Wildman–Crippen LogP) is 2.39. The van der Waals surface area contributed by atoms with E-state index in [1.165, 1.54) is 6.42 Å². The minimum absolute atomic E-state index is 0.00926. The Labute approximate surface area is 79.3 Å². The summed E-state index contributed by atoms with van der Waals surface area (Å²) in [6.07, 6.45) is 3.50. The third kappa shape index (κ3) is 1.36. The lowest BCUT2D eigenvalue weighted by Crippen LogP contribution is -2.48. The molecule has 0 aliphatic heterocycles. The van der Waals surface area contributed by atoms with E-state index >= 15 is 0 Å². The smallest absolute Gasteiger partial charge is 0.307 e. The minimum Gasteiger partial charge on any atom is -0.481 e. The van der Waals surface area contributed by atoms with Crippen molar-refractivity contribution in [1.82, 2.24) is 0 Å². The van der Waals surface area contributed by atoms with Gasteiger partial charge < -0.3 is 5.11 Å². The van der Waals surface area contributed by atoms with Gasteiger partial charge in [0.1, 0.15) is 0 Å². The summed E-state index contributed by atoms with van der Waals surface area (Å²) in [5.41, 5.74) is 0. The Morgan fingerprint density at radius 2 is 1.77 bits per heavy atom. The number of rotatable bonds is 2. The highest BCUT2D eigenvalue weighted by Gasteiger charge is 2.51. The van der Waals surface area contributed by atoms with Gasteiger partial charge in [-0.05, 0) is 42.9 Å². The fourth-order valence-electron chi connectivity index (χ4n) is 3.18. The minimum atomic E-state index is -0.552. The first-order valence-corrected chi connectivity index (χ1v) is 5.32. The van der Waals surface area contributed by atoms with E-state index in [0.29, 0.717) is 11.8 Å². The third-order valence-corrected chi connectivity index (χ3v) is 4.06. The molecular formula is C11H18O2. The van der Waals surface area contributed by atoms with Gasteiger partial charge in [0, 0.05) is 0 Å². The molecule has 0 spiro atoms. The fourth-order valence-corrected chi connectivity index (χ4v) is 3.18. The van der Waals surface area contributed by atoms with Gasteiger partial charge in [0.05, 0.1) is 5.92 Å². The second kappa shape index (κ2) is 3.00. The number of carbonyl (C=O) groups is 1. The van der Waals surface area contributed by atoms with Gasteiger partial charge in [0.25, 0.3) is 0 Å². The molecule has 1 N–H and O–H groups in total. The summed E-state index contributed by atoms with van der Waals surface area (Å²) >= 11 is 0. The summed E-state index contributed by atoms with van der Waals surface area (Å²) in [5.74, 6) is 1.99. The standard InChI is InChI=1S/C11H18O2/c1-6(2)7-3-8-5-9(4-7)10(8)11(12)13/h6-10H,3-5H2,1-2H3,(H,12,13). The Kier molecular flexibility index (Phi) is 2.09. The van der Waals surface area contributed by atoms with Crippen LogP contribution in [-0.4, -0.2) is 11.1 Å². The first kappa shape index (κ1) is 9.04. The van der Waals surface area contributed by atoms with E-state index in [9.17, 15) is 4.79 Å². The van der Waals surface area contributed by atoms with Crippen molar-refractivity contribution in [2.24, 2.45) is 29.6 Å². The molecule has 3 aliphatic carbocycles. The molecule has 2 bridgehead atoms. The van der Waals surface area contributed by atoms with Gasteiger partial charge in [-0.2, -0.15) is 0 Å². The third-order valence-electron chi connectivity index (χ3n) is 4.06. The van der Waals surface area contributed by atoms with Crippen LogP contribution in [0.15, 0.2) is 0 Å². The largest absolute Gasteiger partial charge is 0.481 e. The summed E-state index contributed by atoms with van der Waals surface area (Å²) in [7, 11) is 0. The number of fused-ring (bicyclic) bond motifs is 2. The van der Waals surface area contributed by atoms with Gasteiger partial charge in [0.2, 0.25) is 0 Å². The Hall–Kier alpha value is -0.530. The molecule has 2 atom stereocenters. The fraction of sp³-hybridized carbons (Fsp3) is 0.909. The number of hydrogen-bond donors (Lipinski definition) is 1. The highest BCUT2D eigenvalue weighted by Crippen LogP contribution is 2.54. The lowest BCUT2D eigenvalue weighted by atomic mass is 9.53. The van der Waals surface area contributed by atoms with Crippen LogP contribution < -0.4 is 0 Å². The highest BCUT2D eigenvalue weighted by atomic mass is 16.4. The van der Waals surface area contributed by atoms with Crippen molar-refractivity contribution in [2.75, 3.05) is 0 Å². The average molecular weight is 182 g/mol. The Morgan fingerprint density at radius 1 is 1.23 bits per heavy atom. The zero-order chi connectivity index (χ0) is 9.59. The Bertz CT molecular complexity index is 210. The maximum Gasteiger partial charge on any atom is 0.307 e. The Morgan fingerprint density at radius 3 is 2.15 bits per heavy atom. The van der Waals surface area contributed by atoms with Crippen molar-refractivity contribution in [3.8, 4) is 0 Å². The maximum atomic E-state index is 10.9. The zero-order valence-corrected chi connectivity index (χ0v) is 8.36. The van der Waals surface area contributed by atoms with Gasteiger partial charge >= 0.3 is 5.97 Å². The van der Waals surface area contributed by atoms with Crippen LogP contribution in [0.25, 0.3) is 0 Å². The van der Waals surface area contributed by atoms with E-state index in [1.54, 1.807) is 0 Å². The van der Waals surface area contributed by atoms with Crippen LogP contribution in [0.2, 0.25) is 0 Å². The molecule has 0 heterocycles. The molecule has 0 amide bonds. The molecule has 0 saturated heterocycles. The van der Waals surface area contributed by atoms with Crippen LogP contribution in [0.1, 0.15) is 33.1 Å². The summed E-state index contributed by atoms with van der Waals surface area (Å²) < 4.78 is 0. The van der Waals surface area contributed by atoms with Crippen LogP contribution >= 0.6 is 0 Å². The Balaban J connectivity index is 1.98. The van der Waals surface area contributed by atoms with Gasteiger partial charge in [-0.15, -0.1) is 0 Å². The molecule has 0 aromatic heterocycles. The second-order valence-electron chi connectivity index (χ2n) is 5.10. The first-order valence-electron chi connectivity index (χ1n) is 5.32. The highest BCUT2D eigenvalue weighted by molar-refractivity contribution is 5.72. The molecule has 2 unspecified atom stereocenters. The van der Waals surface area contributed by atoms with Crippen molar-refractivity contribution in [3.05, 3.63) is 0 Å². The predicted molar refractivity (Wildman–Crippen MR) is 50.3 cm³/mol. The maximum absolute atomic E-state index is 10.9. The van der Waals surface area contributed by atoms with E-state index in [1.807, 2.05) is 0 Å². The molecule has 13 heavy (non-hydrogen) atoms. The van der Waals surface area contributed by atoms with E-state index in [-0.39, 0.29) is 5.92 Å². The summed E-state index contributed by atoms with van der Waals surface area (Å²) in [5, 5.41) is 8.96. The van der Waals surface area contributed by atoms with Crippen LogP contribution in [0.5, 0.6) is 0 Å². The molecule has 74 valence electrons. The van der Waals surface area contributed by atoms with Crippen molar-refractivity contribution >= 4 is 5.97 Å². The van der Waals surface area contributed by atoms with E-state index in [4.69, 9.17) is 5.11 Å². The zero-order valence-electron chi connectivity index (χ0n) is 8.36. The summed E-state index contributed by atoms with van der Waals surface area (Å²) in [4.78, 5) is 10.9. The quantitative estimate of drug-likeness (QED) is 0.712. The van der Waals surface area contributed by atoms with Gasteiger partial charge in [-0.25, -0.2) is 0 Å². The molecule has 0 aromatic carbocycles. The lowest BCUT2D eigenvalue weighted by molar-refractivity contribution is -0.158. The van der Waals surface area contributed by atoms with Crippen LogP contribution in [0, 0.1) is 29.6 Å². The van der Waals surface area contributed by atoms with Gasteiger partial charge in [-0.1, -0.05) is 13.8 Å². The SMILES string of the molecule is CC(C)C1CC2CC(C1)C2C(=O)O. The molecule has 3 saturated carbocycles. The van der Waals surface area contributed by atoms with Crippen molar-refractivity contribution in [1.29, 1.82) is 0 Å². The van der Waals surface area contributed by atoms with Crippen molar-refractivity contribution < 1.29 is 9.90 Å². The van der Waals surface area contributed by atoms with Gasteiger partial charge in [0.15, 0.2) is 0 Å². The van der Waals surface area contributed by atoms with Gasteiger partial charge in [-0.3, -0.25) is 4.79 Å². The normalized spacial score (nSPS) is 43.0. The number of carboxylic acid groups (broad SMARTS) is 1. The topological polar surface area (TPSA) is 37.3 Å². The molecule has 3 aliphatic rings. The lowest BCUT2D eigenvalue weighted by Gasteiger charge is -2.51.